The summed E-state index contributed by atoms with van der Waals surface area (Å²) in [7, 11) is 1.63. The molecule has 2 aliphatic heterocycles. The van der Waals surface area contributed by atoms with E-state index in [9.17, 15) is 23.2 Å². The van der Waals surface area contributed by atoms with E-state index in [1.54, 1.807) is 14.0 Å². The summed E-state index contributed by atoms with van der Waals surface area (Å²) in [5.41, 5.74) is 4.85. The minimum atomic E-state index is -1.20. The summed E-state index contributed by atoms with van der Waals surface area (Å²) in [6.07, 6.45) is -0.0645. The van der Waals surface area contributed by atoms with Gasteiger partial charge in [-0.25, -0.2) is 13.8 Å². The lowest BCUT2D eigenvalue weighted by atomic mass is 9.95. The van der Waals surface area contributed by atoms with E-state index in [2.05, 4.69) is 10.6 Å². The lowest BCUT2D eigenvalue weighted by Crippen LogP contribution is -2.47. The number of hydrogen-bond donors (Lipinski definition) is 2. The minimum absolute atomic E-state index is 0.0325. The van der Waals surface area contributed by atoms with Crippen LogP contribution in [0, 0.1) is 17.6 Å². The van der Waals surface area contributed by atoms with Crippen LogP contribution >= 0.6 is 0 Å². The number of carbonyl (C=O) groups is 3. The van der Waals surface area contributed by atoms with Crippen LogP contribution < -0.4 is 15.5 Å². The number of benzodiazepines with no additional fused rings is 1. The first-order valence-corrected chi connectivity index (χ1v) is 12.3. The molecule has 5 rings (SSSR count). The van der Waals surface area contributed by atoms with Crippen LogP contribution in [0.2, 0.25) is 0 Å². The third-order valence-electron chi connectivity index (χ3n) is 6.87. The first kappa shape index (κ1) is 25.3. The Balaban J connectivity index is 1.47. The zero-order valence-electron chi connectivity index (χ0n) is 20.9. The topological polar surface area (TPSA) is 90.9 Å². The molecule has 0 spiro atoms. The van der Waals surface area contributed by atoms with Crippen molar-refractivity contribution in [3.63, 3.8) is 0 Å². The van der Waals surface area contributed by atoms with Crippen molar-refractivity contribution in [1.29, 1.82) is 0 Å². The molecule has 0 bridgehead atoms. The first-order valence-electron chi connectivity index (χ1n) is 12.3. The second-order valence-electron chi connectivity index (χ2n) is 9.58. The lowest BCUT2D eigenvalue weighted by molar-refractivity contribution is -0.129. The van der Waals surface area contributed by atoms with E-state index in [0.717, 1.165) is 34.5 Å². The van der Waals surface area contributed by atoms with Gasteiger partial charge in [0, 0.05) is 36.2 Å². The Morgan fingerprint density at radius 3 is 2.66 bits per heavy atom. The van der Waals surface area contributed by atoms with Crippen molar-refractivity contribution < 1.29 is 23.2 Å². The molecule has 38 heavy (non-hydrogen) atoms. The summed E-state index contributed by atoms with van der Waals surface area (Å²) in [4.78, 5) is 44.5. The molecule has 2 heterocycles. The van der Waals surface area contributed by atoms with Gasteiger partial charge in [-0.3, -0.25) is 14.4 Å². The highest BCUT2D eigenvalue weighted by molar-refractivity contribution is 6.20. The molecule has 9 heteroatoms. The fraction of sp³-hybridized carbons (Fsp3) is 0.241. The number of amides is 3. The predicted molar refractivity (Wildman–Crippen MR) is 140 cm³/mol. The zero-order chi connectivity index (χ0) is 27.0. The van der Waals surface area contributed by atoms with Crippen molar-refractivity contribution in [3.8, 4) is 0 Å². The fourth-order valence-electron chi connectivity index (χ4n) is 4.77. The molecule has 3 aromatic carbocycles. The van der Waals surface area contributed by atoms with E-state index in [-0.39, 0.29) is 12.3 Å². The summed E-state index contributed by atoms with van der Waals surface area (Å²) >= 11 is 0. The van der Waals surface area contributed by atoms with Crippen LogP contribution in [0.15, 0.2) is 65.7 Å². The molecule has 1 unspecified atom stereocenters. The minimum Gasteiger partial charge on any atom is -0.326 e. The molecule has 0 saturated heterocycles. The largest absolute Gasteiger partial charge is 0.326 e. The highest BCUT2D eigenvalue weighted by Gasteiger charge is 2.32. The highest BCUT2D eigenvalue weighted by Crippen LogP contribution is 2.30. The monoisotopic (exact) mass is 516 g/mol. The molecule has 0 radical (unpaired) electrons. The van der Waals surface area contributed by atoms with Gasteiger partial charge in [-0.2, -0.15) is 0 Å². The molecule has 0 fully saturated rings. The number of para-hydroxylation sites is 1. The van der Waals surface area contributed by atoms with Crippen LogP contribution in [0.4, 0.5) is 20.2 Å². The quantitative estimate of drug-likeness (QED) is 0.538. The third kappa shape index (κ3) is 4.91. The smallest absolute Gasteiger partial charge is 0.272 e. The molecule has 3 aromatic rings. The van der Waals surface area contributed by atoms with Crippen molar-refractivity contribution in [1.82, 2.24) is 5.32 Å². The van der Waals surface area contributed by atoms with Crippen LogP contribution in [-0.2, 0) is 27.2 Å². The van der Waals surface area contributed by atoms with E-state index in [1.807, 2.05) is 42.5 Å². The molecule has 0 aliphatic carbocycles. The summed E-state index contributed by atoms with van der Waals surface area (Å²) in [5, 5.41) is 5.61. The summed E-state index contributed by atoms with van der Waals surface area (Å²) in [6, 6.07) is 16.5. The van der Waals surface area contributed by atoms with Crippen molar-refractivity contribution in [2.45, 2.75) is 32.4 Å². The van der Waals surface area contributed by atoms with Crippen molar-refractivity contribution >= 4 is 34.8 Å². The van der Waals surface area contributed by atoms with Gasteiger partial charge < -0.3 is 15.5 Å². The molecule has 7 nitrogen and oxygen atoms in total. The lowest BCUT2D eigenvalue weighted by Gasteiger charge is -2.22. The number of benzene rings is 3. The van der Waals surface area contributed by atoms with Crippen molar-refractivity contribution in [2.24, 2.45) is 10.9 Å². The van der Waals surface area contributed by atoms with Gasteiger partial charge in [0.2, 0.25) is 18.0 Å². The number of rotatable bonds is 5. The molecule has 2 N–H and O–H groups in total. The molecule has 2 aliphatic rings. The standard InChI is InChI=1S/C29H26F2N4O3/c1-16(13-17-7-10-21(30)22(31)14-17)28(37)34-27-29(38)35(2)24-6-4-3-5-20(24)26(33-27)19-8-11-23-18(15-19)9-12-25(36)32-23/h3-8,10-11,14-16,27H,9,12-13H2,1-2H3,(H,32,36)(H,34,37)/t16-,27?/m0/s1. The number of aliphatic imine (C=N–C) groups is 1. The fourth-order valence-corrected chi connectivity index (χ4v) is 4.77. The maximum absolute atomic E-state index is 13.6. The van der Waals surface area contributed by atoms with E-state index in [0.29, 0.717) is 29.8 Å². The van der Waals surface area contributed by atoms with E-state index < -0.39 is 35.5 Å². The Morgan fingerprint density at radius 1 is 1.08 bits per heavy atom. The first-order chi connectivity index (χ1) is 18.2. The number of carbonyl (C=O) groups excluding carboxylic acids is 3. The van der Waals surface area contributed by atoms with Gasteiger partial charge in [-0.1, -0.05) is 37.3 Å². The average molecular weight is 517 g/mol. The summed E-state index contributed by atoms with van der Waals surface area (Å²) in [6.45, 7) is 1.65. The van der Waals surface area contributed by atoms with Gasteiger partial charge in [-0.15, -0.1) is 0 Å². The Bertz CT molecular complexity index is 1490. The van der Waals surface area contributed by atoms with Crippen LogP contribution in [0.3, 0.4) is 0 Å². The number of halogens is 2. The molecule has 3 amide bonds. The Hall–Kier alpha value is -4.40. The van der Waals surface area contributed by atoms with Gasteiger partial charge >= 0.3 is 0 Å². The zero-order valence-corrected chi connectivity index (χ0v) is 20.9. The number of aryl methyl sites for hydroxylation is 1. The molecular formula is C29H26F2N4O3. The number of hydrogen-bond acceptors (Lipinski definition) is 4. The van der Waals surface area contributed by atoms with E-state index in [1.165, 1.54) is 11.0 Å². The van der Waals surface area contributed by atoms with Crippen molar-refractivity contribution in [2.75, 3.05) is 17.3 Å². The number of nitrogens with zero attached hydrogens (tertiary/aromatic N) is 2. The normalized spacial score (nSPS) is 17.5. The third-order valence-corrected chi connectivity index (χ3v) is 6.87. The van der Waals surface area contributed by atoms with E-state index >= 15 is 0 Å². The Morgan fingerprint density at radius 2 is 1.87 bits per heavy atom. The Labute approximate surface area is 218 Å². The SMILES string of the molecule is C[C@@H](Cc1ccc(F)c(F)c1)C(=O)NC1N=C(c2ccc3c(c2)CCC(=O)N3)c2ccccc2N(C)C1=O. The Kier molecular flexibility index (Phi) is 6.75. The maximum atomic E-state index is 13.6. The van der Waals surface area contributed by atoms with Gasteiger partial charge in [0.1, 0.15) is 0 Å². The maximum Gasteiger partial charge on any atom is 0.272 e. The average Bonchev–Trinajstić information content (AvgIpc) is 3.01. The van der Waals surface area contributed by atoms with Gasteiger partial charge in [0.25, 0.3) is 5.91 Å². The van der Waals surface area contributed by atoms with E-state index in [4.69, 9.17) is 4.99 Å². The molecule has 2 atom stereocenters. The molecule has 194 valence electrons. The molecule has 0 aromatic heterocycles. The number of likely N-dealkylation sites (N-methyl/N-ethyl adjacent to an activating group) is 1. The number of nitrogens with one attached hydrogen (secondary N) is 2. The van der Waals surface area contributed by atoms with Crippen LogP contribution in [0.25, 0.3) is 0 Å². The van der Waals surface area contributed by atoms with Crippen molar-refractivity contribution in [3.05, 3.63) is 94.6 Å². The van der Waals surface area contributed by atoms with Crippen LogP contribution in [0.1, 0.15) is 35.6 Å². The van der Waals surface area contributed by atoms with Gasteiger partial charge in [-0.05, 0) is 54.3 Å². The molecule has 0 saturated carbocycles. The predicted octanol–water partition coefficient (Wildman–Crippen LogP) is 3.98. The summed E-state index contributed by atoms with van der Waals surface area (Å²) < 4.78 is 26.9. The molecular weight excluding hydrogens is 490 g/mol. The van der Waals surface area contributed by atoms with Gasteiger partial charge in [0.15, 0.2) is 11.6 Å². The second kappa shape index (κ2) is 10.2. The highest BCUT2D eigenvalue weighted by atomic mass is 19.2. The second-order valence-corrected chi connectivity index (χ2v) is 9.58. The number of anilines is 2. The van der Waals surface area contributed by atoms with Crippen LogP contribution in [0.5, 0.6) is 0 Å². The summed E-state index contributed by atoms with van der Waals surface area (Å²) in [5.74, 6) is -3.45. The van der Waals surface area contributed by atoms with Crippen LogP contribution in [-0.4, -0.2) is 36.6 Å². The van der Waals surface area contributed by atoms with Gasteiger partial charge in [0.05, 0.1) is 11.4 Å². The number of fused-ring (bicyclic) bond motifs is 2.